The first-order valence-corrected chi connectivity index (χ1v) is 8.56. The molecule has 3 heterocycles. The average Bonchev–Trinajstić information content (AvgIpc) is 3.04. The maximum absolute atomic E-state index is 13.2. The van der Waals surface area contributed by atoms with Gasteiger partial charge in [0.2, 0.25) is 5.71 Å². The number of benzene rings is 1. The van der Waals surface area contributed by atoms with Crippen molar-refractivity contribution in [2.45, 2.75) is 6.92 Å². The van der Waals surface area contributed by atoms with Crippen LogP contribution in [0.3, 0.4) is 0 Å². The lowest BCUT2D eigenvalue weighted by atomic mass is 10.1. The molecule has 0 atom stereocenters. The summed E-state index contributed by atoms with van der Waals surface area (Å²) in [5, 5.41) is 0.666. The zero-order valence-electron chi connectivity index (χ0n) is 14.8. The molecule has 7 nitrogen and oxygen atoms in total. The summed E-state index contributed by atoms with van der Waals surface area (Å²) in [6.45, 7) is 4.50. The van der Waals surface area contributed by atoms with E-state index in [9.17, 15) is 4.79 Å². The van der Waals surface area contributed by atoms with Crippen molar-refractivity contribution in [3.8, 4) is 0 Å². The van der Waals surface area contributed by atoms with Crippen molar-refractivity contribution < 1.29 is 13.9 Å². The van der Waals surface area contributed by atoms with Crippen LogP contribution >= 0.6 is 0 Å². The molecule has 4 rings (SSSR count). The first-order chi connectivity index (χ1) is 12.7. The fourth-order valence-electron chi connectivity index (χ4n) is 3.24. The van der Waals surface area contributed by atoms with E-state index in [4.69, 9.17) is 9.15 Å². The van der Waals surface area contributed by atoms with E-state index < -0.39 is 0 Å². The molecule has 1 aromatic carbocycles. The number of hydrogen-bond acceptors (Lipinski definition) is 6. The second kappa shape index (κ2) is 6.76. The number of hydrogen-bond donors (Lipinski definition) is 0. The van der Waals surface area contributed by atoms with Crippen LogP contribution < -0.4 is 9.80 Å². The highest BCUT2D eigenvalue weighted by molar-refractivity contribution is 6.16. The molecule has 0 N–H and O–H groups in total. The van der Waals surface area contributed by atoms with E-state index in [2.05, 4.69) is 14.9 Å². The number of ether oxygens (including phenoxy) is 1. The molecule has 0 saturated carbocycles. The van der Waals surface area contributed by atoms with Crippen LogP contribution in [0, 0.1) is 6.92 Å². The number of amides is 1. The Kier molecular flexibility index (Phi) is 4.30. The largest absolute Gasteiger partial charge is 0.442 e. The standard InChI is InChI=1S/C19H20N4O3/c1-13-15(19(24)22(2)14-6-4-3-5-7-14)16-17(20-12-21-18(16)26-13)23-8-10-25-11-9-23/h3-7,12H,8-11H2,1-2H3. The molecule has 1 fully saturated rings. The van der Waals surface area contributed by atoms with Crippen molar-refractivity contribution >= 4 is 28.5 Å². The van der Waals surface area contributed by atoms with Gasteiger partial charge in [-0.1, -0.05) is 18.2 Å². The van der Waals surface area contributed by atoms with Gasteiger partial charge in [-0.2, -0.15) is 0 Å². The number of aromatic nitrogens is 2. The maximum atomic E-state index is 13.2. The van der Waals surface area contributed by atoms with Gasteiger partial charge in [-0.05, 0) is 19.1 Å². The molecule has 1 saturated heterocycles. The number of carbonyl (C=O) groups excluding carboxylic acids is 1. The smallest absolute Gasteiger partial charge is 0.262 e. The molecule has 0 aliphatic carbocycles. The Hall–Kier alpha value is -2.93. The van der Waals surface area contributed by atoms with Crippen LogP contribution in [0.4, 0.5) is 11.5 Å². The highest BCUT2D eigenvalue weighted by Crippen LogP contribution is 2.33. The van der Waals surface area contributed by atoms with Gasteiger partial charge in [0.1, 0.15) is 17.9 Å². The second-order valence-corrected chi connectivity index (χ2v) is 6.21. The van der Waals surface area contributed by atoms with Crippen LogP contribution in [0.5, 0.6) is 0 Å². The lowest BCUT2D eigenvalue weighted by Gasteiger charge is -2.28. The molecule has 0 spiro atoms. The fourth-order valence-corrected chi connectivity index (χ4v) is 3.24. The summed E-state index contributed by atoms with van der Waals surface area (Å²) in [4.78, 5) is 25.6. The number of morpholine rings is 1. The minimum Gasteiger partial charge on any atom is -0.442 e. The third-order valence-corrected chi connectivity index (χ3v) is 4.62. The van der Waals surface area contributed by atoms with E-state index in [0.29, 0.717) is 35.6 Å². The number of carbonyl (C=O) groups is 1. The van der Waals surface area contributed by atoms with Crippen molar-refractivity contribution in [2.24, 2.45) is 0 Å². The number of furan rings is 1. The van der Waals surface area contributed by atoms with Crippen LogP contribution in [-0.4, -0.2) is 49.2 Å². The Balaban J connectivity index is 1.81. The molecule has 7 heteroatoms. The number of aryl methyl sites for hydroxylation is 1. The number of nitrogens with zero attached hydrogens (tertiary/aromatic N) is 4. The van der Waals surface area contributed by atoms with Gasteiger partial charge in [-0.25, -0.2) is 9.97 Å². The third-order valence-electron chi connectivity index (χ3n) is 4.62. The van der Waals surface area contributed by atoms with E-state index in [1.807, 2.05) is 30.3 Å². The topological polar surface area (TPSA) is 71.7 Å². The van der Waals surface area contributed by atoms with Gasteiger partial charge in [0.05, 0.1) is 24.2 Å². The minimum atomic E-state index is -0.142. The molecule has 0 radical (unpaired) electrons. The molecule has 1 aliphatic heterocycles. The fraction of sp³-hybridized carbons (Fsp3) is 0.316. The van der Waals surface area contributed by atoms with E-state index in [0.717, 1.165) is 24.6 Å². The first-order valence-electron chi connectivity index (χ1n) is 8.56. The van der Waals surface area contributed by atoms with Crippen molar-refractivity contribution in [3.63, 3.8) is 0 Å². The number of fused-ring (bicyclic) bond motifs is 1. The van der Waals surface area contributed by atoms with Gasteiger partial charge in [0.15, 0.2) is 0 Å². The van der Waals surface area contributed by atoms with E-state index in [-0.39, 0.29) is 5.91 Å². The maximum Gasteiger partial charge on any atom is 0.262 e. The highest BCUT2D eigenvalue weighted by atomic mass is 16.5. The lowest BCUT2D eigenvalue weighted by molar-refractivity contribution is 0.0993. The highest BCUT2D eigenvalue weighted by Gasteiger charge is 2.28. The number of anilines is 2. The van der Waals surface area contributed by atoms with Crippen molar-refractivity contribution in [2.75, 3.05) is 43.2 Å². The van der Waals surface area contributed by atoms with E-state index >= 15 is 0 Å². The quantitative estimate of drug-likeness (QED) is 0.722. The SMILES string of the molecule is Cc1oc2ncnc(N3CCOCC3)c2c1C(=O)N(C)c1ccccc1. The summed E-state index contributed by atoms with van der Waals surface area (Å²) < 4.78 is 11.2. The molecule has 0 unspecified atom stereocenters. The number of rotatable bonds is 3. The molecular weight excluding hydrogens is 332 g/mol. The number of para-hydroxylation sites is 1. The van der Waals surface area contributed by atoms with Gasteiger partial charge < -0.3 is 19.0 Å². The van der Waals surface area contributed by atoms with Crippen LogP contribution in [0.1, 0.15) is 16.1 Å². The van der Waals surface area contributed by atoms with E-state index in [1.54, 1.807) is 18.9 Å². The van der Waals surface area contributed by atoms with Crippen LogP contribution in [0.15, 0.2) is 41.1 Å². The molecule has 134 valence electrons. The normalized spacial score (nSPS) is 14.6. The van der Waals surface area contributed by atoms with Crippen molar-refractivity contribution in [1.29, 1.82) is 0 Å². The van der Waals surface area contributed by atoms with Gasteiger partial charge >= 0.3 is 0 Å². The Labute approximate surface area is 151 Å². The predicted octanol–water partition coefficient (Wildman–Crippen LogP) is 2.64. The summed E-state index contributed by atoms with van der Waals surface area (Å²) >= 11 is 0. The molecule has 1 amide bonds. The molecule has 26 heavy (non-hydrogen) atoms. The zero-order valence-corrected chi connectivity index (χ0v) is 14.8. The molecule has 1 aliphatic rings. The Morgan fingerprint density at radius 3 is 2.62 bits per heavy atom. The summed E-state index contributed by atoms with van der Waals surface area (Å²) in [6, 6.07) is 9.53. The van der Waals surface area contributed by atoms with Crippen molar-refractivity contribution in [3.05, 3.63) is 48.0 Å². The average molecular weight is 352 g/mol. The molecular formula is C19H20N4O3. The van der Waals surface area contributed by atoms with Crippen molar-refractivity contribution in [1.82, 2.24) is 9.97 Å². The summed E-state index contributed by atoms with van der Waals surface area (Å²) in [5.41, 5.74) is 1.76. The Morgan fingerprint density at radius 1 is 1.15 bits per heavy atom. The third kappa shape index (κ3) is 2.80. The Morgan fingerprint density at radius 2 is 1.88 bits per heavy atom. The van der Waals surface area contributed by atoms with Gasteiger partial charge in [0.25, 0.3) is 5.91 Å². The summed E-state index contributed by atoms with van der Waals surface area (Å²) in [6.07, 6.45) is 1.48. The van der Waals surface area contributed by atoms with Gasteiger partial charge in [-0.15, -0.1) is 0 Å². The van der Waals surface area contributed by atoms with Crippen LogP contribution in [0.2, 0.25) is 0 Å². The minimum absolute atomic E-state index is 0.142. The predicted molar refractivity (Wildman–Crippen MR) is 98.7 cm³/mol. The zero-order chi connectivity index (χ0) is 18.1. The molecule has 0 bridgehead atoms. The van der Waals surface area contributed by atoms with Gasteiger partial charge in [-0.3, -0.25) is 4.79 Å². The summed E-state index contributed by atoms with van der Waals surface area (Å²) in [7, 11) is 1.76. The van der Waals surface area contributed by atoms with E-state index in [1.165, 1.54) is 6.33 Å². The summed E-state index contributed by atoms with van der Waals surface area (Å²) in [5.74, 6) is 1.12. The lowest BCUT2D eigenvalue weighted by Crippen LogP contribution is -2.37. The monoisotopic (exact) mass is 352 g/mol. The second-order valence-electron chi connectivity index (χ2n) is 6.21. The van der Waals surface area contributed by atoms with Crippen LogP contribution in [-0.2, 0) is 4.74 Å². The molecule has 3 aromatic rings. The Bertz CT molecular complexity index is 933. The van der Waals surface area contributed by atoms with Crippen LogP contribution in [0.25, 0.3) is 11.1 Å². The van der Waals surface area contributed by atoms with Gasteiger partial charge in [0, 0.05) is 25.8 Å². The molecule has 2 aromatic heterocycles. The first kappa shape index (κ1) is 16.5.